The second kappa shape index (κ2) is 9.86. The Morgan fingerprint density at radius 3 is 2.65 bits per heavy atom. The summed E-state index contributed by atoms with van der Waals surface area (Å²) < 4.78 is 1.65. The summed E-state index contributed by atoms with van der Waals surface area (Å²) in [4.78, 5) is 47.7. The number of pyridine rings is 1. The van der Waals surface area contributed by atoms with Crippen molar-refractivity contribution < 1.29 is 9.59 Å². The lowest BCUT2D eigenvalue weighted by Gasteiger charge is -2.33. The highest BCUT2D eigenvalue weighted by atomic mass is 16.2. The molecule has 3 heterocycles. The van der Waals surface area contributed by atoms with Crippen LogP contribution in [0.15, 0.2) is 60.0 Å². The Morgan fingerprint density at radius 2 is 1.94 bits per heavy atom. The van der Waals surface area contributed by atoms with Crippen LogP contribution in [0.4, 0.5) is 11.6 Å². The molecular formula is C25H28N6O3. The molecule has 34 heavy (non-hydrogen) atoms. The number of anilines is 2. The van der Waals surface area contributed by atoms with Gasteiger partial charge in [0, 0.05) is 54.1 Å². The van der Waals surface area contributed by atoms with Crippen molar-refractivity contribution in [3.05, 3.63) is 71.2 Å². The second-order valence-electron chi connectivity index (χ2n) is 8.61. The average Bonchev–Trinajstić information content (AvgIpc) is 2.83. The van der Waals surface area contributed by atoms with E-state index in [1.54, 1.807) is 41.1 Å². The number of carbonyl (C=O) groups is 2. The molecule has 0 aliphatic carbocycles. The third-order valence-electron chi connectivity index (χ3n) is 5.81. The van der Waals surface area contributed by atoms with Gasteiger partial charge in [0.05, 0.1) is 0 Å². The topological polar surface area (TPSA) is 109 Å². The maximum absolute atomic E-state index is 13.0. The smallest absolute Gasteiger partial charge is 0.253 e. The van der Waals surface area contributed by atoms with Crippen LogP contribution in [-0.2, 0) is 4.79 Å². The number of carbonyl (C=O) groups excluding carboxylic acids is 2. The summed E-state index contributed by atoms with van der Waals surface area (Å²) in [5.41, 5.74) is 1.65. The minimum Gasteiger partial charge on any atom is -0.350 e. The SMILES string of the molecule is C=CC(=O)Nc1ccc(C(=O)N2CCCC(Nc3ncc4ccc(=O)n(C(C)C)c4n3)C2)cc1. The van der Waals surface area contributed by atoms with Gasteiger partial charge in [0.2, 0.25) is 11.9 Å². The Kier molecular flexibility index (Phi) is 6.72. The number of hydrogen-bond donors (Lipinski definition) is 2. The van der Waals surface area contributed by atoms with Crippen LogP contribution >= 0.6 is 0 Å². The molecule has 0 bridgehead atoms. The van der Waals surface area contributed by atoms with Crippen molar-refractivity contribution in [1.82, 2.24) is 19.4 Å². The summed E-state index contributed by atoms with van der Waals surface area (Å²) in [6.07, 6.45) is 4.63. The molecule has 4 rings (SSSR count). The highest BCUT2D eigenvalue weighted by Crippen LogP contribution is 2.20. The van der Waals surface area contributed by atoms with Crippen molar-refractivity contribution in [2.24, 2.45) is 0 Å². The number of aromatic nitrogens is 3. The van der Waals surface area contributed by atoms with E-state index < -0.39 is 0 Å². The number of benzene rings is 1. The van der Waals surface area contributed by atoms with Crippen molar-refractivity contribution >= 4 is 34.5 Å². The van der Waals surface area contributed by atoms with Gasteiger partial charge in [-0.2, -0.15) is 4.98 Å². The maximum Gasteiger partial charge on any atom is 0.253 e. The molecule has 0 spiro atoms. The van der Waals surface area contributed by atoms with E-state index in [1.807, 2.05) is 18.7 Å². The predicted octanol–water partition coefficient (Wildman–Crippen LogP) is 3.21. The van der Waals surface area contributed by atoms with Crippen molar-refractivity contribution in [3.8, 4) is 0 Å². The number of nitrogens with zero attached hydrogens (tertiary/aromatic N) is 4. The number of piperidine rings is 1. The first-order valence-corrected chi connectivity index (χ1v) is 11.3. The van der Waals surface area contributed by atoms with Crippen LogP contribution in [0, 0.1) is 0 Å². The summed E-state index contributed by atoms with van der Waals surface area (Å²) in [5.74, 6) is 0.0700. The summed E-state index contributed by atoms with van der Waals surface area (Å²) >= 11 is 0. The van der Waals surface area contributed by atoms with Crippen molar-refractivity contribution in [3.63, 3.8) is 0 Å². The zero-order valence-electron chi connectivity index (χ0n) is 19.3. The minimum atomic E-state index is -0.301. The fourth-order valence-corrected chi connectivity index (χ4v) is 4.14. The average molecular weight is 461 g/mol. The molecule has 2 N–H and O–H groups in total. The van der Waals surface area contributed by atoms with E-state index >= 15 is 0 Å². The zero-order valence-corrected chi connectivity index (χ0v) is 19.3. The van der Waals surface area contributed by atoms with Crippen molar-refractivity contribution in [1.29, 1.82) is 0 Å². The molecule has 176 valence electrons. The van der Waals surface area contributed by atoms with E-state index in [4.69, 9.17) is 0 Å². The molecule has 9 heteroatoms. The Hall–Kier alpha value is -4.01. The van der Waals surface area contributed by atoms with E-state index in [-0.39, 0.29) is 29.5 Å². The predicted molar refractivity (Wildman–Crippen MR) is 132 cm³/mol. The lowest BCUT2D eigenvalue weighted by molar-refractivity contribution is -0.111. The Morgan fingerprint density at radius 1 is 1.18 bits per heavy atom. The van der Waals surface area contributed by atoms with Crippen LogP contribution in [-0.4, -0.2) is 50.4 Å². The van der Waals surface area contributed by atoms with E-state index in [9.17, 15) is 14.4 Å². The molecule has 2 aromatic heterocycles. The number of rotatable bonds is 6. The van der Waals surface area contributed by atoms with E-state index in [0.29, 0.717) is 35.9 Å². The van der Waals surface area contributed by atoms with Gasteiger partial charge in [0.25, 0.3) is 11.5 Å². The van der Waals surface area contributed by atoms with Crippen LogP contribution in [0.3, 0.4) is 0 Å². The summed E-state index contributed by atoms with van der Waals surface area (Å²) in [7, 11) is 0. The van der Waals surface area contributed by atoms with Crippen molar-refractivity contribution in [2.45, 2.75) is 38.8 Å². The van der Waals surface area contributed by atoms with Gasteiger partial charge in [-0.15, -0.1) is 0 Å². The molecule has 1 aliphatic heterocycles. The first-order chi connectivity index (χ1) is 16.4. The lowest BCUT2D eigenvalue weighted by Crippen LogP contribution is -2.45. The monoisotopic (exact) mass is 460 g/mol. The number of nitrogens with one attached hydrogen (secondary N) is 2. The van der Waals surface area contributed by atoms with Gasteiger partial charge in [0.1, 0.15) is 5.65 Å². The first kappa shape index (κ1) is 23.2. The summed E-state index contributed by atoms with van der Waals surface area (Å²) in [5, 5.41) is 6.81. The summed E-state index contributed by atoms with van der Waals surface area (Å²) in [6.45, 7) is 8.50. The maximum atomic E-state index is 13.0. The largest absolute Gasteiger partial charge is 0.350 e. The molecular weight excluding hydrogens is 432 g/mol. The van der Waals surface area contributed by atoms with Gasteiger partial charge >= 0.3 is 0 Å². The fraction of sp³-hybridized carbons (Fsp3) is 0.320. The molecule has 1 fully saturated rings. The van der Waals surface area contributed by atoms with Crippen LogP contribution in [0.25, 0.3) is 11.0 Å². The van der Waals surface area contributed by atoms with E-state index in [0.717, 1.165) is 18.2 Å². The highest BCUT2D eigenvalue weighted by molar-refractivity contribution is 5.99. The van der Waals surface area contributed by atoms with Crippen LogP contribution in [0.2, 0.25) is 0 Å². The number of amides is 2. The molecule has 0 saturated carbocycles. The number of likely N-dealkylation sites (tertiary alicyclic amines) is 1. The first-order valence-electron chi connectivity index (χ1n) is 11.3. The molecule has 9 nitrogen and oxygen atoms in total. The van der Waals surface area contributed by atoms with E-state index in [1.165, 1.54) is 12.1 Å². The Balaban J connectivity index is 1.47. The van der Waals surface area contributed by atoms with Crippen LogP contribution in [0.1, 0.15) is 43.1 Å². The Labute approximate surface area is 197 Å². The molecule has 3 aromatic rings. The van der Waals surface area contributed by atoms with Crippen LogP contribution in [0.5, 0.6) is 0 Å². The third kappa shape index (κ3) is 4.98. The van der Waals surface area contributed by atoms with Gasteiger partial charge in [-0.3, -0.25) is 19.0 Å². The molecule has 1 aromatic carbocycles. The van der Waals surface area contributed by atoms with Gasteiger partial charge in [-0.1, -0.05) is 6.58 Å². The molecule has 1 aliphatic rings. The van der Waals surface area contributed by atoms with Gasteiger partial charge in [0.15, 0.2) is 0 Å². The lowest BCUT2D eigenvalue weighted by atomic mass is 10.0. The van der Waals surface area contributed by atoms with Gasteiger partial charge in [-0.25, -0.2) is 4.98 Å². The van der Waals surface area contributed by atoms with Crippen LogP contribution < -0.4 is 16.2 Å². The zero-order chi connectivity index (χ0) is 24.2. The van der Waals surface area contributed by atoms with Crippen molar-refractivity contribution in [2.75, 3.05) is 23.7 Å². The minimum absolute atomic E-state index is 0.00997. The standard InChI is InChI=1S/C25H28N6O3/c1-4-21(32)27-19-10-7-17(8-11-19)24(34)30-13-5-6-20(15-30)28-25-26-14-18-9-12-22(33)31(16(2)3)23(18)29-25/h4,7-12,14,16,20H,1,5-6,13,15H2,2-3H3,(H,27,32)(H,26,28,29). The second-order valence-corrected chi connectivity index (χ2v) is 8.61. The molecule has 1 saturated heterocycles. The third-order valence-corrected chi connectivity index (χ3v) is 5.81. The molecule has 1 atom stereocenters. The molecule has 0 radical (unpaired) electrons. The Bertz CT molecular complexity index is 1280. The normalized spacial score (nSPS) is 15.9. The number of fused-ring (bicyclic) bond motifs is 1. The highest BCUT2D eigenvalue weighted by Gasteiger charge is 2.25. The molecule has 2 amide bonds. The summed E-state index contributed by atoms with van der Waals surface area (Å²) in [6, 6.07) is 10.0. The fourth-order valence-electron chi connectivity index (χ4n) is 4.14. The van der Waals surface area contributed by atoms with E-state index in [2.05, 4.69) is 27.2 Å². The van der Waals surface area contributed by atoms with Gasteiger partial charge < -0.3 is 15.5 Å². The van der Waals surface area contributed by atoms with Gasteiger partial charge in [-0.05, 0) is 63.1 Å². The molecule has 1 unspecified atom stereocenters. The number of hydrogen-bond acceptors (Lipinski definition) is 6. The quantitative estimate of drug-likeness (QED) is 0.547.